The van der Waals surface area contributed by atoms with Crippen molar-refractivity contribution in [2.75, 3.05) is 11.9 Å². The van der Waals surface area contributed by atoms with Crippen LogP contribution in [0.4, 0.5) is 20.3 Å². The van der Waals surface area contributed by atoms with E-state index in [1.165, 1.54) is 6.07 Å². The van der Waals surface area contributed by atoms with Gasteiger partial charge in [-0.2, -0.15) is 8.78 Å². The Morgan fingerprint density at radius 3 is 2.57 bits per heavy atom. The maximum absolute atomic E-state index is 12.2. The van der Waals surface area contributed by atoms with E-state index < -0.39 is 17.6 Å². The first kappa shape index (κ1) is 18.0. The number of rotatable bonds is 5. The first-order valence-electron chi connectivity index (χ1n) is 7.27. The highest BCUT2D eigenvalue weighted by Gasteiger charge is 2.28. The van der Waals surface area contributed by atoms with Gasteiger partial charge in [0.15, 0.2) is 0 Å². The van der Waals surface area contributed by atoms with E-state index in [0.29, 0.717) is 41.7 Å². The Morgan fingerprint density at radius 1 is 1.43 bits per heavy atom. The van der Waals surface area contributed by atoms with Crippen molar-refractivity contribution in [1.82, 2.24) is 4.98 Å². The lowest BCUT2D eigenvalue weighted by molar-refractivity contribution is -0.385. The molecular formula is C14H18BrF2N3O3. The Balaban J connectivity index is 2.08. The van der Waals surface area contributed by atoms with Crippen LogP contribution in [0.1, 0.15) is 31.4 Å². The molecular weight excluding hydrogens is 376 g/mol. The molecule has 0 saturated heterocycles. The lowest BCUT2D eigenvalue weighted by atomic mass is 9.92. The topological polar surface area (TPSA) is 68.5 Å². The molecule has 0 aromatic carbocycles. The molecule has 1 aliphatic rings. The molecule has 9 heteroatoms. The summed E-state index contributed by atoms with van der Waals surface area (Å²) in [6, 6.07) is 1.58. The van der Waals surface area contributed by atoms with E-state index >= 15 is 0 Å². The van der Waals surface area contributed by atoms with Crippen LogP contribution in [0.15, 0.2) is 10.5 Å². The fourth-order valence-corrected chi connectivity index (χ4v) is 3.46. The van der Waals surface area contributed by atoms with Crippen molar-refractivity contribution in [3.8, 4) is 0 Å². The second-order valence-electron chi connectivity index (χ2n) is 5.59. The van der Waals surface area contributed by atoms with Gasteiger partial charge in [0, 0.05) is 19.2 Å². The Morgan fingerprint density at radius 2 is 2.04 bits per heavy atom. The van der Waals surface area contributed by atoms with Crippen LogP contribution in [-0.2, 0) is 4.74 Å². The van der Waals surface area contributed by atoms with Gasteiger partial charge in [0.25, 0.3) is 5.69 Å². The Kier molecular flexibility index (Phi) is 5.85. The summed E-state index contributed by atoms with van der Waals surface area (Å²) in [5.41, 5.74) is 0.304. The van der Waals surface area contributed by atoms with Crippen molar-refractivity contribution in [3.05, 3.63) is 26.3 Å². The van der Waals surface area contributed by atoms with E-state index in [-0.39, 0.29) is 11.7 Å². The number of halogens is 3. The van der Waals surface area contributed by atoms with Gasteiger partial charge in [-0.15, -0.1) is 0 Å². The Bertz CT molecular complexity index is 581. The van der Waals surface area contributed by atoms with Crippen LogP contribution in [0.3, 0.4) is 0 Å². The van der Waals surface area contributed by atoms with Crippen molar-refractivity contribution in [1.29, 1.82) is 0 Å². The fraction of sp³-hybridized carbons (Fsp3) is 0.643. The highest BCUT2D eigenvalue weighted by Crippen LogP contribution is 2.34. The van der Waals surface area contributed by atoms with Crippen molar-refractivity contribution in [2.45, 2.75) is 51.4 Å². The van der Waals surface area contributed by atoms with Crippen LogP contribution < -0.4 is 4.90 Å². The van der Waals surface area contributed by atoms with Gasteiger partial charge in [-0.1, -0.05) is 0 Å². The number of anilines is 1. The maximum Gasteiger partial charge on any atom is 0.345 e. The molecule has 0 unspecified atom stereocenters. The number of pyridine rings is 1. The molecule has 23 heavy (non-hydrogen) atoms. The predicted molar refractivity (Wildman–Crippen MR) is 84.9 cm³/mol. The number of nitrogens with zero attached hydrogens (tertiary/aromatic N) is 3. The van der Waals surface area contributed by atoms with Gasteiger partial charge in [-0.25, -0.2) is 4.98 Å². The molecule has 0 atom stereocenters. The SMILES string of the molecule is Cc1nc(N(C)[C@H]2CC[C@@H](OC(F)F)CC2)c(Br)cc1[N+](=O)[O-]. The number of hydrogen-bond donors (Lipinski definition) is 0. The summed E-state index contributed by atoms with van der Waals surface area (Å²) in [6.45, 7) is -1.14. The Hall–Kier alpha value is -1.35. The van der Waals surface area contributed by atoms with Gasteiger partial charge in [-0.3, -0.25) is 10.1 Å². The van der Waals surface area contributed by atoms with Crippen LogP contribution >= 0.6 is 15.9 Å². The van der Waals surface area contributed by atoms with Gasteiger partial charge >= 0.3 is 6.61 Å². The monoisotopic (exact) mass is 393 g/mol. The van der Waals surface area contributed by atoms with E-state index in [1.807, 2.05) is 11.9 Å². The van der Waals surface area contributed by atoms with E-state index in [1.54, 1.807) is 6.92 Å². The van der Waals surface area contributed by atoms with E-state index in [4.69, 9.17) is 0 Å². The zero-order valence-electron chi connectivity index (χ0n) is 12.8. The minimum atomic E-state index is -2.73. The van der Waals surface area contributed by atoms with E-state index in [0.717, 1.165) is 0 Å². The summed E-state index contributed by atoms with van der Waals surface area (Å²) in [5.74, 6) is 0.617. The minimum absolute atomic E-state index is 0.0388. The lowest BCUT2D eigenvalue weighted by Gasteiger charge is -2.35. The van der Waals surface area contributed by atoms with E-state index in [2.05, 4.69) is 25.7 Å². The molecule has 1 fully saturated rings. The number of aromatic nitrogens is 1. The number of hydrogen-bond acceptors (Lipinski definition) is 5. The second kappa shape index (κ2) is 7.48. The molecule has 0 spiro atoms. The summed E-state index contributed by atoms with van der Waals surface area (Å²) in [6.07, 6.45) is 2.12. The van der Waals surface area contributed by atoms with Gasteiger partial charge < -0.3 is 9.64 Å². The van der Waals surface area contributed by atoms with Crippen LogP contribution in [0.25, 0.3) is 0 Å². The standard InChI is InChI=1S/C14H18BrF2N3O3/c1-8-12(20(21)22)7-11(15)13(18-8)19(2)9-3-5-10(6-4-9)23-14(16)17/h7,9-10,14H,3-6H2,1-2H3/t9-,10+. The van der Waals surface area contributed by atoms with Crippen molar-refractivity contribution < 1.29 is 18.4 Å². The fourth-order valence-electron chi connectivity index (χ4n) is 2.88. The zero-order valence-corrected chi connectivity index (χ0v) is 14.4. The van der Waals surface area contributed by atoms with Crippen molar-refractivity contribution >= 4 is 27.4 Å². The zero-order chi connectivity index (χ0) is 17.1. The van der Waals surface area contributed by atoms with Crippen LogP contribution in [0, 0.1) is 17.0 Å². The normalized spacial score (nSPS) is 21.5. The number of alkyl halides is 2. The van der Waals surface area contributed by atoms with E-state index in [9.17, 15) is 18.9 Å². The molecule has 128 valence electrons. The molecule has 1 aromatic heterocycles. The smallest absolute Gasteiger partial charge is 0.345 e. The maximum atomic E-state index is 12.2. The summed E-state index contributed by atoms with van der Waals surface area (Å²) < 4.78 is 29.6. The first-order valence-corrected chi connectivity index (χ1v) is 8.07. The van der Waals surface area contributed by atoms with Gasteiger partial charge in [0.05, 0.1) is 15.5 Å². The van der Waals surface area contributed by atoms with Crippen LogP contribution in [-0.4, -0.2) is 35.7 Å². The molecule has 6 nitrogen and oxygen atoms in total. The van der Waals surface area contributed by atoms with Crippen LogP contribution in [0.5, 0.6) is 0 Å². The average Bonchev–Trinajstić information content (AvgIpc) is 2.48. The van der Waals surface area contributed by atoms with Crippen molar-refractivity contribution in [3.63, 3.8) is 0 Å². The average molecular weight is 394 g/mol. The Labute approximate surface area is 141 Å². The summed E-state index contributed by atoms with van der Waals surface area (Å²) in [5, 5.41) is 10.9. The largest absolute Gasteiger partial charge is 0.356 e. The van der Waals surface area contributed by atoms with Crippen molar-refractivity contribution in [2.24, 2.45) is 0 Å². The molecule has 0 N–H and O–H groups in total. The highest BCUT2D eigenvalue weighted by atomic mass is 79.9. The molecule has 1 aromatic rings. The third-order valence-electron chi connectivity index (χ3n) is 4.14. The van der Waals surface area contributed by atoms with Crippen LogP contribution in [0.2, 0.25) is 0 Å². The van der Waals surface area contributed by atoms with Gasteiger partial charge in [0.2, 0.25) is 0 Å². The van der Waals surface area contributed by atoms with Gasteiger partial charge in [-0.05, 0) is 48.5 Å². The summed E-state index contributed by atoms with van der Waals surface area (Å²) >= 11 is 3.33. The van der Waals surface area contributed by atoms with Gasteiger partial charge in [0.1, 0.15) is 11.5 Å². The predicted octanol–water partition coefficient (Wildman–Crippen LogP) is 4.05. The molecule has 0 radical (unpaired) electrons. The first-order chi connectivity index (χ1) is 10.8. The summed E-state index contributed by atoms with van der Waals surface area (Å²) in [4.78, 5) is 16.7. The third kappa shape index (κ3) is 4.35. The molecule has 0 aliphatic heterocycles. The third-order valence-corrected chi connectivity index (χ3v) is 4.72. The molecule has 1 saturated carbocycles. The molecule has 0 amide bonds. The number of aryl methyl sites for hydroxylation is 1. The molecule has 1 aliphatic carbocycles. The molecule has 2 rings (SSSR count). The lowest BCUT2D eigenvalue weighted by Crippen LogP contribution is -2.38. The summed E-state index contributed by atoms with van der Waals surface area (Å²) in [7, 11) is 1.86. The second-order valence-corrected chi connectivity index (χ2v) is 6.45. The molecule has 0 bridgehead atoms. The minimum Gasteiger partial charge on any atom is -0.356 e. The quantitative estimate of drug-likeness (QED) is 0.557. The highest BCUT2D eigenvalue weighted by molar-refractivity contribution is 9.10. The number of nitro groups is 1. The molecule has 1 heterocycles. The number of ether oxygens (including phenoxy) is 1.